The number of amides is 1. The molecule has 1 amide bonds. The van der Waals surface area contributed by atoms with Crippen molar-refractivity contribution in [2.24, 2.45) is 0 Å². The average molecular weight is 549 g/mol. The minimum atomic E-state index is -4.58. The van der Waals surface area contributed by atoms with E-state index in [0.717, 1.165) is 12.1 Å². The summed E-state index contributed by atoms with van der Waals surface area (Å²) in [7, 11) is 0. The zero-order valence-corrected chi connectivity index (χ0v) is 21.0. The highest BCUT2D eigenvalue weighted by molar-refractivity contribution is 6.32. The monoisotopic (exact) mass is 548 g/mol. The van der Waals surface area contributed by atoms with Crippen molar-refractivity contribution in [3.8, 4) is 17.4 Å². The van der Waals surface area contributed by atoms with Crippen LogP contribution in [0.25, 0.3) is 0 Å². The molecule has 3 heterocycles. The maximum atomic E-state index is 13.7. The summed E-state index contributed by atoms with van der Waals surface area (Å²) in [4.78, 5) is 23.2. The standard InChI is InChI=1S/C25H24ClF3N6O3/c1-14-12-30-4-6-35(14)18-10-16(25(27,28)29)9-17(11-18)34-23(36)15-2-3-19(26)20(8-15)38-24-21-22(32-13-33-24)31-5-7-37-21/h2-3,8-11,13-14,30H,4-7,12H2,1H3,(H,34,36)(H,31,32,33). The van der Waals surface area contributed by atoms with E-state index in [-0.39, 0.29) is 33.9 Å². The summed E-state index contributed by atoms with van der Waals surface area (Å²) in [6.07, 6.45) is -3.29. The third-order valence-corrected chi connectivity index (χ3v) is 6.46. The van der Waals surface area contributed by atoms with E-state index in [0.29, 0.717) is 50.0 Å². The highest BCUT2D eigenvalue weighted by atomic mass is 35.5. The van der Waals surface area contributed by atoms with Crippen molar-refractivity contribution in [3.05, 3.63) is 58.9 Å². The topological polar surface area (TPSA) is 101 Å². The minimum Gasteiger partial charge on any atom is -0.483 e. The van der Waals surface area contributed by atoms with Crippen LogP contribution in [0.15, 0.2) is 42.7 Å². The van der Waals surface area contributed by atoms with Crippen molar-refractivity contribution in [2.75, 3.05) is 48.3 Å². The summed E-state index contributed by atoms with van der Waals surface area (Å²) < 4.78 is 52.5. The Bertz CT molecular complexity index is 1360. The smallest absolute Gasteiger partial charge is 0.416 e. The van der Waals surface area contributed by atoms with Crippen LogP contribution in [-0.2, 0) is 6.18 Å². The van der Waals surface area contributed by atoms with Gasteiger partial charge in [-0.25, -0.2) is 4.98 Å². The molecule has 5 rings (SSSR count). The summed E-state index contributed by atoms with van der Waals surface area (Å²) in [5, 5.41) is 9.07. The zero-order chi connectivity index (χ0) is 26.9. The number of carbonyl (C=O) groups excluding carboxylic acids is 1. The molecule has 9 nitrogen and oxygen atoms in total. The summed E-state index contributed by atoms with van der Waals surface area (Å²) in [5.41, 5.74) is -0.321. The van der Waals surface area contributed by atoms with Crippen LogP contribution >= 0.6 is 11.6 Å². The van der Waals surface area contributed by atoms with Crippen LogP contribution in [0.2, 0.25) is 5.02 Å². The molecule has 2 aliphatic heterocycles. The Kier molecular flexibility index (Phi) is 7.17. The molecule has 2 aromatic carbocycles. The van der Waals surface area contributed by atoms with Gasteiger partial charge >= 0.3 is 6.18 Å². The lowest BCUT2D eigenvalue weighted by Crippen LogP contribution is -2.50. The van der Waals surface area contributed by atoms with Crippen molar-refractivity contribution in [3.63, 3.8) is 0 Å². The molecule has 1 aromatic heterocycles. The Morgan fingerprint density at radius 1 is 1.21 bits per heavy atom. The largest absolute Gasteiger partial charge is 0.483 e. The van der Waals surface area contributed by atoms with Crippen LogP contribution in [-0.4, -0.2) is 54.7 Å². The van der Waals surface area contributed by atoms with E-state index in [1.54, 1.807) is 6.07 Å². The van der Waals surface area contributed by atoms with Gasteiger partial charge in [-0.2, -0.15) is 18.2 Å². The number of nitrogens with zero attached hydrogens (tertiary/aromatic N) is 3. The van der Waals surface area contributed by atoms with Crippen molar-refractivity contribution in [1.29, 1.82) is 0 Å². The quantitative estimate of drug-likeness (QED) is 0.418. The molecule has 3 N–H and O–H groups in total. The Morgan fingerprint density at radius 2 is 2.05 bits per heavy atom. The molecule has 1 unspecified atom stereocenters. The van der Waals surface area contributed by atoms with E-state index in [1.165, 1.54) is 24.5 Å². The van der Waals surface area contributed by atoms with Gasteiger partial charge in [-0.05, 0) is 43.3 Å². The number of benzene rings is 2. The lowest BCUT2D eigenvalue weighted by Gasteiger charge is -2.36. The van der Waals surface area contributed by atoms with Gasteiger partial charge in [-0.1, -0.05) is 11.6 Å². The van der Waals surface area contributed by atoms with Gasteiger partial charge in [-0.3, -0.25) is 4.79 Å². The summed E-state index contributed by atoms with van der Waals surface area (Å²) in [5.74, 6) is 0.365. The second-order valence-electron chi connectivity index (χ2n) is 8.85. The van der Waals surface area contributed by atoms with Crippen LogP contribution < -0.4 is 30.3 Å². The van der Waals surface area contributed by atoms with Crippen LogP contribution in [0.4, 0.5) is 30.4 Å². The number of ether oxygens (including phenoxy) is 2. The molecule has 38 heavy (non-hydrogen) atoms. The predicted molar refractivity (Wildman–Crippen MR) is 137 cm³/mol. The van der Waals surface area contributed by atoms with Gasteiger partial charge < -0.3 is 30.3 Å². The van der Waals surface area contributed by atoms with Crippen LogP contribution in [0.1, 0.15) is 22.8 Å². The number of piperazine rings is 1. The van der Waals surface area contributed by atoms with Gasteiger partial charge in [0.2, 0.25) is 5.75 Å². The van der Waals surface area contributed by atoms with Gasteiger partial charge in [0.05, 0.1) is 17.1 Å². The molecule has 13 heteroatoms. The van der Waals surface area contributed by atoms with Gasteiger partial charge in [0.25, 0.3) is 11.8 Å². The highest BCUT2D eigenvalue weighted by Gasteiger charge is 2.32. The Hall–Kier alpha value is -3.77. The van der Waals surface area contributed by atoms with Crippen molar-refractivity contribution in [2.45, 2.75) is 19.1 Å². The maximum absolute atomic E-state index is 13.7. The van der Waals surface area contributed by atoms with Gasteiger partial charge in [-0.15, -0.1) is 0 Å². The number of hydrogen-bond donors (Lipinski definition) is 3. The van der Waals surface area contributed by atoms with Gasteiger partial charge in [0.1, 0.15) is 18.7 Å². The minimum absolute atomic E-state index is 0.0153. The first kappa shape index (κ1) is 25.9. The highest BCUT2D eigenvalue weighted by Crippen LogP contribution is 2.39. The van der Waals surface area contributed by atoms with Crippen molar-refractivity contribution >= 4 is 34.7 Å². The second-order valence-corrected chi connectivity index (χ2v) is 9.25. The van der Waals surface area contributed by atoms with Crippen molar-refractivity contribution < 1.29 is 27.4 Å². The van der Waals surface area contributed by atoms with Crippen LogP contribution in [0.5, 0.6) is 17.4 Å². The number of fused-ring (bicyclic) bond motifs is 1. The molecule has 0 bridgehead atoms. The number of halogens is 4. The number of rotatable bonds is 5. The van der Waals surface area contributed by atoms with E-state index in [4.69, 9.17) is 21.1 Å². The summed E-state index contributed by atoms with van der Waals surface area (Å²) in [6.45, 7) is 4.72. The second kappa shape index (κ2) is 10.5. The molecule has 1 atom stereocenters. The molecule has 0 spiro atoms. The lowest BCUT2D eigenvalue weighted by molar-refractivity contribution is -0.137. The number of anilines is 3. The Balaban J connectivity index is 1.41. The molecule has 1 fully saturated rings. The number of nitrogens with one attached hydrogen (secondary N) is 3. The molecule has 3 aromatic rings. The molecule has 200 valence electrons. The third kappa shape index (κ3) is 5.55. The molecule has 0 radical (unpaired) electrons. The SMILES string of the molecule is CC1CNCCN1c1cc(NC(=O)c2ccc(Cl)c(Oc3ncnc4c3OCCN4)c2)cc(C(F)(F)F)c1. The number of aromatic nitrogens is 2. The normalized spacial score (nSPS) is 17.2. The van der Waals surface area contributed by atoms with Crippen molar-refractivity contribution in [1.82, 2.24) is 15.3 Å². The Labute approximate surface area is 221 Å². The zero-order valence-electron chi connectivity index (χ0n) is 20.2. The number of hydrogen-bond acceptors (Lipinski definition) is 8. The van der Waals surface area contributed by atoms with E-state index < -0.39 is 17.6 Å². The van der Waals surface area contributed by atoms with E-state index >= 15 is 0 Å². The van der Waals surface area contributed by atoms with Gasteiger partial charge in [0, 0.05) is 42.6 Å². The third-order valence-electron chi connectivity index (χ3n) is 6.15. The number of alkyl halides is 3. The summed E-state index contributed by atoms with van der Waals surface area (Å²) in [6, 6.07) is 7.83. The first-order valence-corrected chi connectivity index (χ1v) is 12.3. The molecule has 0 saturated carbocycles. The maximum Gasteiger partial charge on any atom is 0.416 e. The fraction of sp³-hybridized carbons (Fsp3) is 0.320. The van der Waals surface area contributed by atoms with E-state index in [9.17, 15) is 18.0 Å². The first-order chi connectivity index (χ1) is 18.2. The van der Waals surface area contributed by atoms with Crippen LogP contribution in [0.3, 0.4) is 0 Å². The Morgan fingerprint density at radius 3 is 2.84 bits per heavy atom. The van der Waals surface area contributed by atoms with E-state index in [2.05, 4.69) is 25.9 Å². The molecule has 1 saturated heterocycles. The van der Waals surface area contributed by atoms with E-state index in [1.807, 2.05) is 11.8 Å². The molecular weight excluding hydrogens is 525 g/mol. The average Bonchev–Trinajstić information content (AvgIpc) is 2.89. The first-order valence-electron chi connectivity index (χ1n) is 11.9. The number of carbonyl (C=O) groups is 1. The molecule has 2 aliphatic rings. The van der Waals surface area contributed by atoms with Crippen LogP contribution in [0, 0.1) is 0 Å². The lowest BCUT2D eigenvalue weighted by atomic mass is 10.1. The molecule has 0 aliphatic carbocycles. The fourth-order valence-corrected chi connectivity index (χ4v) is 4.43. The predicted octanol–water partition coefficient (Wildman–Crippen LogP) is 4.80. The fourth-order valence-electron chi connectivity index (χ4n) is 4.28. The summed E-state index contributed by atoms with van der Waals surface area (Å²) >= 11 is 6.29. The van der Waals surface area contributed by atoms with Gasteiger partial charge in [0.15, 0.2) is 5.82 Å². The molecular formula is C25H24ClF3N6O3.